The van der Waals surface area contributed by atoms with Gasteiger partial charge in [0, 0.05) is 25.0 Å². The van der Waals surface area contributed by atoms with Crippen molar-refractivity contribution in [1.82, 2.24) is 4.90 Å². The second kappa shape index (κ2) is 7.33. The summed E-state index contributed by atoms with van der Waals surface area (Å²) in [4.78, 5) is 13.9. The van der Waals surface area contributed by atoms with Crippen LogP contribution in [0.1, 0.15) is 24.5 Å². The molecule has 0 aromatic heterocycles. The Morgan fingerprint density at radius 3 is 2.41 bits per heavy atom. The quantitative estimate of drug-likeness (QED) is 0.922. The lowest BCUT2D eigenvalue weighted by atomic mass is 9.99. The largest absolute Gasteiger partial charge is 0.416 e. The van der Waals surface area contributed by atoms with E-state index in [2.05, 4.69) is 0 Å². The van der Waals surface area contributed by atoms with E-state index in [9.17, 15) is 18.0 Å². The highest BCUT2D eigenvalue weighted by Gasteiger charge is 2.30. The van der Waals surface area contributed by atoms with Crippen LogP contribution in [-0.4, -0.2) is 29.9 Å². The van der Waals surface area contributed by atoms with Gasteiger partial charge in [0.05, 0.1) is 5.56 Å². The van der Waals surface area contributed by atoms with Gasteiger partial charge in [-0.15, -0.1) is 12.4 Å². The van der Waals surface area contributed by atoms with Gasteiger partial charge < -0.3 is 10.6 Å². The Morgan fingerprint density at radius 2 is 1.95 bits per heavy atom. The molecule has 1 aromatic rings. The van der Waals surface area contributed by atoms with E-state index in [0.717, 1.165) is 24.1 Å². The summed E-state index contributed by atoms with van der Waals surface area (Å²) >= 11 is 0. The van der Waals surface area contributed by atoms with Crippen molar-refractivity contribution in [3.8, 4) is 0 Å². The third kappa shape index (κ3) is 4.61. The molecule has 1 heterocycles. The molecule has 7 heteroatoms. The van der Waals surface area contributed by atoms with E-state index in [-0.39, 0.29) is 30.3 Å². The average molecular weight is 337 g/mol. The van der Waals surface area contributed by atoms with Gasteiger partial charge in [-0.3, -0.25) is 4.79 Å². The van der Waals surface area contributed by atoms with E-state index in [1.54, 1.807) is 11.8 Å². The lowest BCUT2D eigenvalue weighted by Gasteiger charge is -2.20. The van der Waals surface area contributed by atoms with Gasteiger partial charge in [0.15, 0.2) is 0 Å². The predicted molar refractivity (Wildman–Crippen MR) is 80.7 cm³/mol. The molecule has 0 saturated carbocycles. The maximum absolute atomic E-state index is 12.5. The minimum absolute atomic E-state index is 0. The SMILES string of the molecule is CC(Cc1ccc(C(F)(F)F)cc1)C(=O)N1CC[C@@H](N)C1.Cl. The maximum Gasteiger partial charge on any atom is 0.416 e. The molecule has 1 aliphatic rings. The van der Waals surface area contributed by atoms with Crippen LogP contribution in [0, 0.1) is 5.92 Å². The van der Waals surface area contributed by atoms with Crippen molar-refractivity contribution >= 4 is 18.3 Å². The molecule has 0 bridgehead atoms. The lowest BCUT2D eigenvalue weighted by Crippen LogP contribution is -2.36. The zero-order valence-corrected chi connectivity index (χ0v) is 13.1. The molecule has 3 nitrogen and oxygen atoms in total. The number of carbonyl (C=O) groups is 1. The van der Waals surface area contributed by atoms with Gasteiger partial charge in [-0.05, 0) is 30.5 Å². The van der Waals surface area contributed by atoms with Crippen molar-refractivity contribution in [3.63, 3.8) is 0 Å². The van der Waals surface area contributed by atoms with Crippen LogP contribution in [0.25, 0.3) is 0 Å². The summed E-state index contributed by atoms with van der Waals surface area (Å²) in [6, 6.07) is 5.01. The molecule has 0 radical (unpaired) electrons. The summed E-state index contributed by atoms with van der Waals surface area (Å²) in [5.74, 6) is -0.241. The van der Waals surface area contributed by atoms with Crippen molar-refractivity contribution in [2.45, 2.75) is 32.0 Å². The van der Waals surface area contributed by atoms with E-state index in [1.807, 2.05) is 0 Å². The van der Waals surface area contributed by atoms with E-state index >= 15 is 0 Å². The zero-order chi connectivity index (χ0) is 15.6. The van der Waals surface area contributed by atoms with Crippen LogP contribution >= 0.6 is 12.4 Å². The van der Waals surface area contributed by atoms with Crippen LogP contribution < -0.4 is 5.73 Å². The summed E-state index contributed by atoms with van der Waals surface area (Å²) in [7, 11) is 0. The fourth-order valence-corrected chi connectivity index (χ4v) is 2.57. The standard InChI is InChI=1S/C15H19F3N2O.ClH/c1-10(14(21)20-7-6-13(19)9-20)8-11-2-4-12(5-3-11)15(16,17)18;/h2-5,10,13H,6-9,19H2,1H3;1H/t10?,13-;/m1./s1. The summed E-state index contributed by atoms with van der Waals surface area (Å²) in [6.45, 7) is 3.03. The molecule has 1 saturated heterocycles. The van der Waals surface area contributed by atoms with E-state index in [1.165, 1.54) is 12.1 Å². The molecular formula is C15H20ClF3N2O. The van der Waals surface area contributed by atoms with Crippen LogP contribution in [-0.2, 0) is 17.4 Å². The first kappa shape index (κ1) is 18.8. The minimum atomic E-state index is -4.33. The van der Waals surface area contributed by atoms with Crippen molar-refractivity contribution in [1.29, 1.82) is 0 Å². The van der Waals surface area contributed by atoms with E-state index in [4.69, 9.17) is 5.73 Å². The Morgan fingerprint density at radius 1 is 1.36 bits per heavy atom. The van der Waals surface area contributed by atoms with Gasteiger partial charge >= 0.3 is 6.18 Å². The Hall–Kier alpha value is -1.27. The first-order valence-electron chi connectivity index (χ1n) is 6.98. The highest BCUT2D eigenvalue weighted by molar-refractivity contribution is 5.85. The van der Waals surface area contributed by atoms with Gasteiger partial charge in [-0.2, -0.15) is 13.2 Å². The molecule has 124 valence electrons. The first-order valence-corrected chi connectivity index (χ1v) is 6.98. The number of hydrogen-bond donors (Lipinski definition) is 1. The number of benzene rings is 1. The van der Waals surface area contributed by atoms with Gasteiger partial charge in [-0.1, -0.05) is 19.1 Å². The van der Waals surface area contributed by atoms with Gasteiger partial charge in [0.2, 0.25) is 5.91 Å². The number of carbonyl (C=O) groups excluding carboxylic acids is 1. The van der Waals surface area contributed by atoms with E-state index in [0.29, 0.717) is 19.5 Å². The summed E-state index contributed by atoms with van der Waals surface area (Å²) in [5.41, 5.74) is 5.83. The molecule has 1 aliphatic heterocycles. The first-order chi connectivity index (χ1) is 9.77. The summed E-state index contributed by atoms with van der Waals surface area (Å²) in [5, 5.41) is 0. The van der Waals surface area contributed by atoms with Gasteiger partial charge in [-0.25, -0.2) is 0 Å². The smallest absolute Gasteiger partial charge is 0.341 e. The monoisotopic (exact) mass is 336 g/mol. The number of halogens is 4. The molecule has 1 aromatic carbocycles. The molecule has 2 atom stereocenters. The van der Waals surface area contributed by atoms with Crippen LogP contribution in [0.2, 0.25) is 0 Å². The minimum Gasteiger partial charge on any atom is -0.341 e. The zero-order valence-electron chi connectivity index (χ0n) is 12.3. The molecule has 2 rings (SSSR count). The third-order valence-electron chi connectivity index (χ3n) is 3.78. The predicted octanol–water partition coefficient (Wildman–Crippen LogP) is 2.87. The Kier molecular flexibility index (Phi) is 6.26. The molecule has 0 spiro atoms. The normalized spacial score (nSPS) is 19.7. The maximum atomic E-state index is 12.5. The highest BCUT2D eigenvalue weighted by Crippen LogP contribution is 2.29. The molecule has 1 unspecified atom stereocenters. The third-order valence-corrected chi connectivity index (χ3v) is 3.78. The van der Waals surface area contributed by atoms with Crippen LogP contribution in [0.4, 0.5) is 13.2 Å². The number of nitrogens with zero attached hydrogens (tertiary/aromatic N) is 1. The van der Waals surface area contributed by atoms with Crippen molar-refractivity contribution in [2.75, 3.05) is 13.1 Å². The fourth-order valence-electron chi connectivity index (χ4n) is 2.57. The van der Waals surface area contributed by atoms with Gasteiger partial charge in [0.1, 0.15) is 0 Å². The van der Waals surface area contributed by atoms with Crippen LogP contribution in [0.5, 0.6) is 0 Å². The van der Waals surface area contributed by atoms with Crippen molar-refractivity contribution < 1.29 is 18.0 Å². The number of amides is 1. The Bertz CT molecular complexity index is 505. The number of hydrogen-bond acceptors (Lipinski definition) is 2. The Labute approximate surface area is 134 Å². The van der Waals surface area contributed by atoms with Crippen molar-refractivity contribution in [3.05, 3.63) is 35.4 Å². The summed E-state index contributed by atoms with van der Waals surface area (Å²) < 4.78 is 37.4. The number of likely N-dealkylation sites (tertiary alicyclic amines) is 1. The molecule has 1 amide bonds. The molecule has 1 fully saturated rings. The molecule has 22 heavy (non-hydrogen) atoms. The van der Waals surface area contributed by atoms with E-state index < -0.39 is 11.7 Å². The molecule has 2 N–H and O–H groups in total. The lowest BCUT2D eigenvalue weighted by molar-refractivity contribution is -0.137. The molecule has 0 aliphatic carbocycles. The number of nitrogens with two attached hydrogens (primary N) is 1. The van der Waals surface area contributed by atoms with Gasteiger partial charge in [0.25, 0.3) is 0 Å². The average Bonchev–Trinajstić information content (AvgIpc) is 2.84. The second-order valence-electron chi connectivity index (χ2n) is 5.63. The second-order valence-corrected chi connectivity index (χ2v) is 5.63. The highest BCUT2D eigenvalue weighted by atomic mass is 35.5. The molecular weight excluding hydrogens is 317 g/mol. The van der Waals surface area contributed by atoms with Crippen LogP contribution in [0.15, 0.2) is 24.3 Å². The fraction of sp³-hybridized carbons (Fsp3) is 0.533. The number of rotatable bonds is 3. The number of alkyl halides is 3. The Balaban J connectivity index is 0.00000242. The topological polar surface area (TPSA) is 46.3 Å². The van der Waals surface area contributed by atoms with Crippen molar-refractivity contribution in [2.24, 2.45) is 11.7 Å². The summed E-state index contributed by atoms with van der Waals surface area (Å²) in [6.07, 6.45) is -3.09. The van der Waals surface area contributed by atoms with Crippen LogP contribution in [0.3, 0.4) is 0 Å².